The summed E-state index contributed by atoms with van der Waals surface area (Å²) >= 11 is 0. The van der Waals surface area contributed by atoms with Gasteiger partial charge in [0.1, 0.15) is 11.8 Å². The van der Waals surface area contributed by atoms with Crippen molar-refractivity contribution in [3.8, 4) is 5.75 Å². The van der Waals surface area contributed by atoms with Crippen molar-refractivity contribution in [2.75, 3.05) is 18.6 Å². The number of carbonyl (C=O) groups excluding carboxylic acids is 2. The number of aliphatic carboxylic acids is 1. The molecule has 2 atom stereocenters. The van der Waals surface area contributed by atoms with E-state index in [4.69, 9.17) is 4.74 Å². The van der Waals surface area contributed by atoms with Crippen LogP contribution in [0, 0.1) is 5.92 Å². The number of hydrogen-bond acceptors (Lipinski definition) is 4. The third-order valence-electron chi connectivity index (χ3n) is 4.77. The Kier molecular flexibility index (Phi) is 5.93. The molecule has 2 unspecified atom stereocenters. The molecule has 0 spiro atoms. The molecule has 2 amide bonds. The molecule has 1 fully saturated rings. The van der Waals surface area contributed by atoms with Gasteiger partial charge in [0.25, 0.3) is 0 Å². The van der Waals surface area contributed by atoms with Gasteiger partial charge in [-0.2, -0.15) is 0 Å². The number of rotatable bonds is 7. The molecular formula is C21H22N2O5. The maximum absolute atomic E-state index is 12.6. The van der Waals surface area contributed by atoms with Crippen molar-refractivity contribution in [3.63, 3.8) is 0 Å². The lowest BCUT2D eigenvalue weighted by Crippen LogP contribution is -2.45. The van der Waals surface area contributed by atoms with Crippen LogP contribution in [0.3, 0.4) is 0 Å². The second-order valence-electron chi connectivity index (χ2n) is 6.67. The lowest BCUT2D eigenvalue weighted by atomic mass is 10.0. The summed E-state index contributed by atoms with van der Waals surface area (Å²) in [4.78, 5) is 38.2. The molecular weight excluding hydrogens is 360 g/mol. The topological polar surface area (TPSA) is 95.9 Å². The van der Waals surface area contributed by atoms with E-state index in [1.807, 2.05) is 30.3 Å². The Hall–Kier alpha value is -3.35. The molecule has 7 heteroatoms. The minimum absolute atomic E-state index is 0.0293. The normalized spacial score (nSPS) is 17.2. The molecule has 7 nitrogen and oxygen atoms in total. The zero-order chi connectivity index (χ0) is 20.1. The molecule has 146 valence electrons. The van der Waals surface area contributed by atoms with E-state index >= 15 is 0 Å². The first-order valence-electron chi connectivity index (χ1n) is 9.00. The molecule has 0 bridgehead atoms. The van der Waals surface area contributed by atoms with E-state index in [0.717, 1.165) is 5.56 Å². The molecule has 0 aliphatic carbocycles. The van der Waals surface area contributed by atoms with E-state index < -0.39 is 23.8 Å². The van der Waals surface area contributed by atoms with Crippen LogP contribution in [0.25, 0.3) is 0 Å². The molecule has 1 aliphatic rings. The number of carbonyl (C=O) groups is 3. The fraction of sp³-hybridized carbons (Fsp3) is 0.286. The Labute approximate surface area is 162 Å². The summed E-state index contributed by atoms with van der Waals surface area (Å²) < 4.78 is 5.29. The van der Waals surface area contributed by atoms with Crippen LogP contribution in [-0.4, -0.2) is 42.6 Å². The number of methoxy groups -OCH3 is 1. The lowest BCUT2D eigenvalue weighted by molar-refractivity contribution is -0.142. The number of nitrogens with one attached hydrogen (secondary N) is 1. The first-order chi connectivity index (χ1) is 13.5. The smallest absolute Gasteiger partial charge is 0.326 e. The van der Waals surface area contributed by atoms with Crippen molar-refractivity contribution in [1.82, 2.24) is 5.32 Å². The highest BCUT2D eigenvalue weighted by Gasteiger charge is 2.37. The summed E-state index contributed by atoms with van der Waals surface area (Å²) in [6.07, 6.45) is 0.209. The second-order valence-corrected chi connectivity index (χ2v) is 6.67. The van der Waals surface area contributed by atoms with Gasteiger partial charge in [0.15, 0.2) is 0 Å². The van der Waals surface area contributed by atoms with Crippen LogP contribution < -0.4 is 15.0 Å². The third kappa shape index (κ3) is 4.31. The predicted octanol–water partition coefficient (Wildman–Crippen LogP) is 1.86. The van der Waals surface area contributed by atoms with Crippen LogP contribution >= 0.6 is 0 Å². The van der Waals surface area contributed by atoms with Gasteiger partial charge in [0.05, 0.1) is 18.7 Å². The van der Waals surface area contributed by atoms with Gasteiger partial charge in [-0.25, -0.2) is 4.79 Å². The average Bonchev–Trinajstić information content (AvgIpc) is 3.09. The van der Waals surface area contributed by atoms with E-state index in [2.05, 4.69) is 5.32 Å². The van der Waals surface area contributed by atoms with Crippen molar-refractivity contribution in [2.24, 2.45) is 5.92 Å². The van der Waals surface area contributed by atoms with Gasteiger partial charge in [-0.1, -0.05) is 42.5 Å². The largest absolute Gasteiger partial charge is 0.495 e. The third-order valence-corrected chi connectivity index (χ3v) is 4.77. The predicted molar refractivity (Wildman–Crippen MR) is 103 cm³/mol. The van der Waals surface area contributed by atoms with E-state index in [1.54, 1.807) is 24.3 Å². The van der Waals surface area contributed by atoms with Gasteiger partial charge in [-0.15, -0.1) is 0 Å². The molecule has 2 N–H and O–H groups in total. The summed E-state index contributed by atoms with van der Waals surface area (Å²) in [5.41, 5.74) is 1.41. The number of benzene rings is 2. The minimum atomic E-state index is -1.11. The number of anilines is 1. The number of carboxylic acids is 1. The van der Waals surface area contributed by atoms with Crippen LogP contribution in [0.4, 0.5) is 5.69 Å². The standard InChI is InChI=1S/C21H22N2O5/c1-28-18-10-6-5-9-17(18)23-13-15(12-19(23)24)20(25)22-16(21(26)27)11-14-7-3-2-4-8-14/h2-10,15-16H,11-13H2,1H3,(H,22,25)(H,26,27). The Morgan fingerprint density at radius 2 is 1.86 bits per heavy atom. The number of para-hydroxylation sites is 2. The Morgan fingerprint density at radius 1 is 1.18 bits per heavy atom. The van der Waals surface area contributed by atoms with Gasteiger partial charge in [0, 0.05) is 19.4 Å². The van der Waals surface area contributed by atoms with E-state index in [-0.39, 0.29) is 25.3 Å². The summed E-state index contributed by atoms with van der Waals surface area (Å²) in [6, 6.07) is 15.1. The number of nitrogens with zero attached hydrogens (tertiary/aromatic N) is 1. The summed E-state index contributed by atoms with van der Waals surface area (Å²) in [5.74, 6) is -1.81. The summed E-state index contributed by atoms with van der Waals surface area (Å²) in [5, 5.41) is 12.0. The highest BCUT2D eigenvalue weighted by molar-refractivity contribution is 6.01. The first kappa shape index (κ1) is 19.4. The maximum Gasteiger partial charge on any atom is 0.326 e. The van der Waals surface area contributed by atoms with Crippen LogP contribution in [0.15, 0.2) is 54.6 Å². The maximum atomic E-state index is 12.6. The molecule has 1 saturated heterocycles. The molecule has 2 aromatic rings. The SMILES string of the molecule is COc1ccccc1N1CC(C(=O)NC(Cc2ccccc2)C(=O)O)CC1=O. The van der Waals surface area contributed by atoms with E-state index in [0.29, 0.717) is 11.4 Å². The Balaban J connectivity index is 1.69. The van der Waals surface area contributed by atoms with Gasteiger partial charge in [-0.05, 0) is 17.7 Å². The molecule has 3 rings (SSSR count). The first-order valence-corrected chi connectivity index (χ1v) is 9.00. The van der Waals surface area contributed by atoms with Gasteiger partial charge in [0.2, 0.25) is 11.8 Å². The van der Waals surface area contributed by atoms with Crippen molar-refractivity contribution in [1.29, 1.82) is 0 Å². The molecule has 28 heavy (non-hydrogen) atoms. The number of carboxylic acid groups (broad SMARTS) is 1. The molecule has 2 aromatic carbocycles. The summed E-state index contributed by atoms with van der Waals surface area (Å²) in [7, 11) is 1.52. The van der Waals surface area contributed by atoms with Crippen molar-refractivity contribution >= 4 is 23.5 Å². The Morgan fingerprint density at radius 3 is 2.54 bits per heavy atom. The fourth-order valence-corrected chi connectivity index (χ4v) is 3.31. The second kappa shape index (κ2) is 8.56. The quantitative estimate of drug-likeness (QED) is 0.762. The number of amides is 2. The van der Waals surface area contributed by atoms with Crippen molar-refractivity contribution in [3.05, 3.63) is 60.2 Å². The zero-order valence-electron chi connectivity index (χ0n) is 15.5. The minimum Gasteiger partial charge on any atom is -0.495 e. The van der Waals surface area contributed by atoms with Gasteiger partial charge in [-0.3, -0.25) is 9.59 Å². The highest BCUT2D eigenvalue weighted by Crippen LogP contribution is 2.32. The van der Waals surface area contributed by atoms with E-state index in [9.17, 15) is 19.5 Å². The van der Waals surface area contributed by atoms with Crippen LogP contribution in [0.2, 0.25) is 0 Å². The molecule has 0 radical (unpaired) electrons. The lowest BCUT2D eigenvalue weighted by Gasteiger charge is -2.20. The van der Waals surface area contributed by atoms with Crippen molar-refractivity contribution < 1.29 is 24.2 Å². The number of hydrogen-bond donors (Lipinski definition) is 2. The summed E-state index contributed by atoms with van der Waals surface area (Å²) in [6.45, 7) is 0.183. The van der Waals surface area contributed by atoms with Crippen LogP contribution in [0.1, 0.15) is 12.0 Å². The zero-order valence-corrected chi connectivity index (χ0v) is 15.5. The van der Waals surface area contributed by atoms with Crippen LogP contribution in [-0.2, 0) is 20.8 Å². The number of ether oxygens (including phenoxy) is 1. The average molecular weight is 382 g/mol. The molecule has 1 aliphatic heterocycles. The van der Waals surface area contributed by atoms with Gasteiger partial charge < -0.3 is 20.1 Å². The van der Waals surface area contributed by atoms with Crippen molar-refractivity contribution in [2.45, 2.75) is 18.9 Å². The molecule has 0 saturated carbocycles. The Bertz CT molecular complexity index is 868. The van der Waals surface area contributed by atoms with Crippen LogP contribution in [0.5, 0.6) is 5.75 Å². The highest BCUT2D eigenvalue weighted by atomic mass is 16.5. The fourth-order valence-electron chi connectivity index (χ4n) is 3.31. The molecule has 1 heterocycles. The molecule has 0 aromatic heterocycles. The van der Waals surface area contributed by atoms with Gasteiger partial charge >= 0.3 is 5.97 Å². The monoisotopic (exact) mass is 382 g/mol. The van der Waals surface area contributed by atoms with E-state index in [1.165, 1.54) is 12.0 Å².